The molecule has 0 aliphatic heterocycles. The number of nitrogens with one attached hydrogen (secondary N) is 1. The van der Waals surface area contributed by atoms with E-state index in [9.17, 15) is 18.4 Å². The van der Waals surface area contributed by atoms with Gasteiger partial charge in [0.1, 0.15) is 17.3 Å². The van der Waals surface area contributed by atoms with Crippen molar-refractivity contribution in [1.29, 1.82) is 0 Å². The average molecular weight is 415 g/mol. The lowest BCUT2D eigenvalue weighted by Crippen LogP contribution is -2.24. The van der Waals surface area contributed by atoms with E-state index in [0.717, 1.165) is 23.9 Å². The maximum atomic E-state index is 13.8. The zero-order chi connectivity index (χ0) is 20.7. The molecule has 1 unspecified atom stereocenters. The summed E-state index contributed by atoms with van der Waals surface area (Å²) in [6.45, 7) is 1.59. The van der Waals surface area contributed by atoms with Gasteiger partial charge in [-0.15, -0.1) is 10.2 Å². The first-order valence-corrected chi connectivity index (χ1v) is 9.51. The molecule has 0 aliphatic rings. The van der Waals surface area contributed by atoms with Gasteiger partial charge in [-0.1, -0.05) is 30.0 Å². The first-order valence-electron chi connectivity index (χ1n) is 8.63. The average Bonchev–Trinajstić information content (AvgIpc) is 3.12. The number of halogens is 2. The molecule has 2 heterocycles. The Balaban J connectivity index is 1.69. The number of rotatable bonds is 4. The number of carbonyl (C=O) groups is 1. The maximum Gasteiger partial charge on any atom is 0.262 e. The molecule has 1 amide bonds. The molecule has 0 fully saturated rings. The number of amides is 1. The summed E-state index contributed by atoms with van der Waals surface area (Å²) >= 11 is 1.07. The van der Waals surface area contributed by atoms with Gasteiger partial charge in [0.2, 0.25) is 11.7 Å². The van der Waals surface area contributed by atoms with Crippen LogP contribution >= 0.6 is 11.8 Å². The van der Waals surface area contributed by atoms with Gasteiger partial charge in [-0.25, -0.2) is 8.78 Å². The Morgan fingerprint density at radius 3 is 2.52 bits per heavy atom. The van der Waals surface area contributed by atoms with Gasteiger partial charge in [0.15, 0.2) is 5.16 Å². The summed E-state index contributed by atoms with van der Waals surface area (Å²) in [5.74, 6) is -1.98. The van der Waals surface area contributed by atoms with Gasteiger partial charge in [0, 0.05) is 7.05 Å². The summed E-state index contributed by atoms with van der Waals surface area (Å²) in [5, 5.41) is 10.6. The summed E-state index contributed by atoms with van der Waals surface area (Å²) in [6.07, 6.45) is 0. The summed E-state index contributed by atoms with van der Waals surface area (Å²) in [5.41, 5.74) is -0.104. The molecule has 1 atom stereocenters. The molecule has 2 aromatic heterocycles. The van der Waals surface area contributed by atoms with Gasteiger partial charge in [-0.3, -0.25) is 18.6 Å². The zero-order valence-electron chi connectivity index (χ0n) is 15.4. The highest BCUT2D eigenvalue weighted by atomic mass is 32.2. The fourth-order valence-corrected chi connectivity index (χ4v) is 3.80. The lowest BCUT2D eigenvalue weighted by molar-refractivity contribution is -0.115. The van der Waals surface area contributed by atoms with Gasteiger partial charge in [0.25, 0.3) is 5.56 Å². The third kappa shape index (κ3) is 3.25. The normalized spacial score (nSPS) is 12.4. The second-order valence-corrected chi connectivity index (χ2v) is 7.65. The van der Waals surface area contributed by atoms with Gasteiger partial charge in [-0.05, 0) is 31.2 Å². The Morgan fingerprint density at radius 1 is 1.10 bits per heavy atom. The minimum Gasteiger partial charge on any atom is -0.320 e. The van der Waals surface area contributed by atoms with E-state index in [1.54, 1.807) is 42.6 Å². The molecule has 0 aliphatic carbocycles. The highest BCUT2D eigenvalue weighted by Gasteiger charge is 2.22. The van der Waals surface area contributed by atoms with Crippen molar-refractivity contribution >= 4 is 40.0 Å². The monoisotopic (exact) mass is 415 g/mol. The van der Waals surface area contributed by atoms with Crippen molar-refractivity contribution in [2.24, 2.45) is 7.05 Å². The molecule has 0 bridgehead atoms. The van der Waals surface area contributed by atoms with Crippen LogP contribution in [0.3, 0.4) is 0 Å². The molecular weight excluding hydrogens is 400 g/mol. The molecule has 0 saturated heterocycles. The van der Waals surface area contributed by atoms with Crippen molar-refractivity contribution in [2.45, 2.75) is 17.3 Å². The lowest BCUT2D eigenvalue weighted by Gasteiger charge is -2.13. The first kappa shape index (κ1) is 19.1. The third-order valence-electron chi connectivity index (χ3n) is 4.46. The maximum absolute atomic E-state index is 13.8. The van der Waals surface area contributed by atoms with Crippen LogP contribution in [-0.2, 0) is 11.8 Å². The van der Waals surface area contributed by atoms with E-state index in [0.29, 0.717) is 21.8 Å². The zero-order valence-corrected chi connectivity index (χ0v) is 16.2. The topological polar surface area (TPSA) is 81.3 Å². The molecule has 0 spiro atoms. The number of hydrogen-bond acceptors (Lipinski definition) is 5. The molecule has 0 saturated carbocycles. The second kappa shape index (κ2) is 7.28. The van der Waals surface area contributed by atoms with Crippen LogP contribution in [0, 0.1) is 11.6 Å². The predicted molar refractivity (Wildman–Crippen MR) is 106 cm³/mol. The molecule has 7 nitrogen and oxygen atoms in total. The number of thioether (sulfide) groups is 1. The highest BCUT2D eigenvalue weighted by molar-refractivity contribution is 8.00. The number of para-hydroxylation sites is 2. The molecule has 4 aromatic rings. The Kier molecular flexibility index (Phi) is 4.79. The van der Waals surface area contributed by atoms with Crippen LogP contribution in [0.15, 0.2) is 52.4 Å². The van der Waals surface area contributed by atoms with Crippen LogP contribution in [0.1, 0.15) is 6.92 Å². The molecular formula is C19H15F2N5O2S. The number of aryl methyl sites for hydroxylation is 1. The van der Waals surface area contributed by atoms with E-state index in [-0.39, 0.29) is 5.56 Å². The second-order valence-electron chi connectivity index (χ2n) is 6.35. The molecule has 4 rings (SSSR count). The van der Waals surface area contributed by atoms with Crippen molar-refractivity contribution in [1.82, 2.24) is 19.2 Å². The Morgan fingerprint density at radius 2 is 1.79 bits per heavy atom. The summed E-state index contributed by atoms with van der Waals surface area (Å²) < 4.78 is 30.6. The fraction of sp³-hybridized carbons (Fsp3) is 0.158. The smallest absolute Gasteiger partial charge is 0.262 e. The van der Waals surface area contributed by atoms with Crippen molar-refractivity contribution in [3.63, 3.8) is 0 Å². The molecule has 1 N–H and O–H groups in total. The van der Waals surface area contributed by atoms with Crippen LogP contribution in [0.2, 0.25) is 0 Å². The number of carbonyl (C=O) groups excluding carboxylic acids is 1. The number of benzene rings is 2. The number of hydrogen-bond donors (Lipinski definition) is 1. The first-order chi connectivity index (χ1) is 13.9. The van der Waals surface area contributed by atoms with Crippen molar-refractivity contribution < 1.29 is 13.6 Å². The van der Waals surface area contributed by atoms with E-state index in [1.165, 1.54) is 10.6 Å². The van der Waals surface area contributed by atoms with E-state index in [2.05, 4.69) is 15.5 Å². The van der Waals surface area contributed by atoms with Gasteiger partial charge >= 0.3 is 0 Å². The van der Waals surface area contributed by atoms with Crippen LogP contribution in [0.25, 0.3) is 16.7 Å². The summed E-state index contributed by atoms with van der Waals surface area (Å²) in [7, 11) is 1.59. The van der Waals surface area contributed by atoms with Crippen LogP contribution < -0.4 is 10.9 Å². The van der Waals surface area contributed by atoms with Crippen LogP contribution in [0.5, 0.6) is 0 Å². The minimum atomic E-state index is -0.857. The van der Waals surface area contributed by atoms with Gasteiger partial charge in [0.05, 0.1) is 16.2 Å². The predicted octanol–water partition coefficient (Wildman–Crippen LogP) is 2.98. The summed E-state index contributed by atoms with van der Waals surface area (Å²) in [4.78, 5) is 25.0. The molecule has 0 radical (unpaired) electrons. The number of anilines is 1. The SMILES string of the molecule is CC(Sc1nnc2n(C)c(=O)c3ccccc3n12)C(=O)Nc1c(F)cccc1F. The third-order valence-corrected chi connectivity index (χ3v) is 5.50. The molecule has 2 aromatic carbocycles. The Hall–Kier alpha value is -3.27. The van der Waals surface area contributed by atoms with E-state index >= 15 is 0 Å². The quantitative estimate of drug-likeness (QED) is 0.519. The number of nitrogens with zero attached hydrogens (tertiary/aromatic N) is 4. The standard InChI is InChI=1S/C19H15F2N5O2S/c1-10(16(27)22-15-12(20)7-5-8-13(15)21)29-19-24-23-18-25(2)17(28)11-6-3-4-9-14(11)26(18)19/h3-10H,1-2H3,(H,22,27). The van der Waals surface area contributed by atoms with Gasteiger partial charge < -0.3 is 5.32 Å². The number of fused-ring (bicyclic) bond motifs is 3. The van der Waals surface area contributed by atoms with Crippen LogP contribution in [-0.4, -0.2) is 30.3 Å². The van der Waals surface area contributed by atoms with Crippen molar-refractivity contribution in [3.05, 3.63) is 64.5 Å². The Labute approximate surface area is 167 Å². The van der Waals surface area contributed by atoms with Crippen molar-refractivity contribution in [2.75, 3.05) is 5.32 Å². The summed E-state index contributed by atoms with van der Waals surface area (Å²) in [6, 6.07) is 10.3. The Bertz CT molecular complexity index is 1300. The van der Waals surface area contributed by atoms with E-state index in [4.69, 9.17) is 0 Å². The molecule has 29 heavy (non-hydrogen) atoms. The fourth-order valence-electron chi connectivity index (χ4n) is 2.94. The van der Waals surface area contributed by atoms with Crippen molar-refractivity contribution in [3.8, 4) is 0 Å². The van der Waals surface area contributed by atoms with Gasteiger partial charge in [-0.2, -0.15) is 0 Å². The molecule has 10 heteroatoms. The highest BCUT2D eigenvalue weighted by Crippen LogP contribution is 2.26. The minimum absolute atomic E-state index is 0.210. The lowest BCUT2D eigenvalue weighted by atomic mass is 10.2. The number of aromatic nitrogens is 4. The largest absolute Gasteiger partial charge is 0.320 e. The molecule has 148 valence electrons. The van der Waals surface area contributed by atoms with E-state index < -0.39 is 28.5 Å². The van der Waals surface area contributed by atoms with E-state index in [1.807, 2.05) is 0 Å². The van der Waals surface area contributed by atoms with Crippen LogP contribution in [0.4, 0.5) is 14.5 Å².